The number of Topliss-reactive ketones (excluding diaryl/α,β-unsaturated/α-hetero) is 3. The number of unbranched alkanes of at least 4 members (excludes halogenated alkanes) is 8. The minimum absolute atomic E-state index is 0.0890. The summed E-state index contributed by atoms with van der Waals surface area (Å²) >= 11 is 0. The van der Waals surface area contributed by atoms with Crippen molar-refractivity contribution in [2.45, 2.75) is 85.0 Å². The molecular weight excluding hydrogens is 460 g/mol. The first-order chi connectivity index (χ1) is 17.8. The van der Waals surface area contributed by atoms with Crippen molar-refractivity contribution in [2.24, 2.45) is 0 Å². The average molecular weight is 499 g/mol. The Morgan fingerprint density at radius 1 is 0.622 bits per heavy atom. The monoisotopic (exact) mass is 498 g/mol. The van der Waals surface area contributed by atoms with Crippen molar-refractivity contribution in [3.05, 3.63) is 93.6 Å². The van der Waals surface area contributed by atoms with E-state index in [2.05, 4.69) is 6.92 Å². The Morgan fingerprint density at radius 2 is 1.08 bits per heavy atom. The minimum atomic E-state index is -0.563. The fourth-order valence-electron chi connectivity index (χ4n) is 4.67. The second-order valence-corrected chi connectivity index (χ2v) is 10.1. The zero-order valence-electron chi connectivity index (χ0n) is 22.4. The molecule has 0 aliphatic heterocycles. The minimum Gasteiger partial charge on any atom is -0.289 e. The number of ketones is 4. The zero-order valence-corrected chi connectivity index (χ0v) is 22.4. The van der Waals surface area contributed by atoms with Crippen molar-refractivity contribution in [1.82, 2.24) is 0 Å². The van der Waals surface area contributed by atoms with Crippen LogP contribution in [0.1, 0.15) is 103 Å². The highest BCUT2D eigenvalue weighted by Gasteiger charge is 2.35. The Hall–Kier alpha value is -3.40. The van der Waals surface area contributed by atoms with Crippen molar-refractivity contribution >= 4 is 23.1 Å². The largest absolute Gasteiger partial charge is 0.289 e. The van der Waals surface area contributed by atoms with Crippen LogP contribution in [0, 0.1) is 13.8 Å². The van der Waals surface area contributed by atoms with Crippen LogP contribution in [0.5, 0.6) is 0 Å². The first kappa shape index (κ1) is 28.2. The standard InChI is InChI=1S/C33H38O4/c1-4-5-6-7-8-9-10-11-12-13-27-30(32(36)26-20-16-24(3)17-21-26)29(34)22-28(33(27)37)31(35)25-18-14-23(2)15-19-25/h14-22H,4-13H2,1-3H3. The van der Waals surface area contributed by atoms with Gasteiger partial charge in [0.2, 0.25) is 0 Å². The van der Waals surface area contributed by atoms with E-state index in [-0.39, 0.29) is 16.7 Å². The second kappa shape index (κ2) is 13.8. The molecule has 2 aromatic carbocycles. The van der Waals surface area contributed by atoms with Crippen LogP contribution in [0.25, 0.3) is 0 Å². The van der Waals surface area contributed by atoms with Gasteiger partial charge in [0.25, 0.3) is 0 Å². The Kier molecular flexibility index (Phi) is 10.5. The SMILES string of the molecule is CCCCCCCCCCCC1=C(C(=O)c2ccc(C)cc2)C(=O)C=C(C(=O)c2ccc(C)cc2)C1=O. The second-order valence-electron chi connectivity index (χ2n) is 10.1. The quantitative estimate of drug-likeness (QED) is 0.116. The molecule has 0 amide bonds. The Labute approximate surface area is 220 Å². The Morgan fingerprint density at radius 3 is 1.59 bits per heavy atom. The summed E-state index contributed by atoms with van der Waals surface area (Å²) in [7, 11) is 0. The van der Waals surface area contributed by atoms with Crippen molar-refractivity contribution in [1.29, 1.82) is 0 Å². The van der Waals surface area contributed by atoms with E-state index in [0.29, 0.717) is 24.0 Å². The van der Waals surface area contributed by atoms with Crippen LogP contribution in [0.15, 0.2) is 71.3 Å². The summed E-state index contributed by atoms with van der Waals surface area (Å²) in [5.74, 6) is -2.00. The number of hydrogen-bond acceptors (Lipinski definition) is 4. The molecule has 1 aliphatic rings. The van der Waals surface area contributed by atoms with Crippen LogP contribution in [0.4, 0.5) is 0 Å². The molecule has 0 atom stereocenters. The number of carbonyl (C=O) groups excluding carboxylic acids is 4. The van der Waals surface area contributed by atoms with E-state index in [4.69, 9.17) is 0 Å². The van der Waals surface area contributed by atoms with Gasteiger partial charge in [0.05, 0.1) is 11.1 Å². The molecule has 1 aliphatic carbocycles. The maximum absolute atomic E-state index is 13.6. The number of allylic oxidation sites excluding steroid dienone is 4. The zero-order chi connectivity index (χ0) is 26.8. The van der Waals surface area contributed by atoms with Crippen LogP contribution in [-0.2, 0) is 9.59 Å². The molecular formula is C33H38O4. The van der Waals surface area contributed by atoms with Gasteiger partial charge in [0, 0.05) is 22.8 Å². The van der Waals surface area contributed by atoms with E-state index in [1.807, 2.05) is 26.0 Å². The van der Waals surface area contributed by atoms with E-state index >= 15 is 0 Å². The Balaban J connectivity index is 1.79. The maximum atomic E-state index is 13.6. The highest BCUT2D eigenvalue weighted by molar-refractivity contribution is 6.43. The predicted molar refractivity (Wildman–Crippen MR) is 148 cm³/mol. The van der Waals surface area contributed by atoms with Crippen LogP contribution >= 0.6 is 0 Å². The van der Waals surface area contributed by atoms with Gasteiger partial charge in [-0.3, -0.25) is 19.2 Å². The molecule has 0 fully saturated rings. The molecule has 0 N–H and O–H groups in total. The molecule has 0 aromatic heterocycles. The van der Waals surface area contributed by atoms with E-state index in [1.165, 1.54) is 32.1 Å². The first-order valence-electron chi connectivity index (χ1n) is 13.6. The highest BCUT2D eigenvalue weighted by atomic mass is 16.2. The molecule has 37 heavy (non-hydrogen) atoms. The topological polar surface area (TPSA) is 68.3 Å². The third-order valence-electron chi connectivity index (χ3n) is 6.97. The number of carbonyl (C=O) groups is 4. The molecule has 3 rings (SSSR count). The van der Waals surface area contributed by atoms with Gasteiger partial charge >= 0.3 is 0 Å². The third kappa shape index (κ3) is 7.55. The van der Waals surface area contributed by atoms with Gasteiger partial charge < -0.3 is 0 Å². The van der Waals surface area contributed by atoms with Gasteiger partial charge in [-0.1, -0.05) is 118 Å². The Bertz CT molecular complexity index is 1190. The molecule has 4 nitrogen and oxygen atoms in total. The number of rotatable bonds is 14. The summed E-state index contributed by atoms with van der Waals surface area (Å²) in [5.41, 5.74) is 2.65. The number of aryl methyl sites for hydroxylation is 2. The van der Waals surface area contributed by atoms with E-state index in [9.17, 15) is 19.2 Å². The predicted octanol–water partition coefficient (Wildman–Crippen LogP) is 7.66. The van der Waals surface area contributed by atoms with Crippen molar-refractivity contribution in [2.75, 3.05) is 0 Å². The molecule has 4 heteroatoms. The molecule has 0 saturated heterocycles. The van der Waals surface area contributed by atoms with Crippen LogP contribution in [-0.4, -0.2) is 23.1 Å². The number of benzene rings is 2. The van der Waals surface area contributed by atoms with Gasteiger partial charge in [-0.15, -0.1) is 0 Å². The summed E-state index contributed by atoms with van der Waals surface area (Å²) in [4.78, 5) is 53.3. The number of hydrogen-bond donors (Lipinski definition) is 0. The van der Waals surface area contributed by atoms with Crippen molar-refractivity contribution < 1.29 is 19.2 Å². The van der Waals surface area contributed by atoms with Gasteiger partial charge in [-0.25, -0.2) is 0 Å². The fraction of sp³-hybridized carbons (Fsp3) is 0.394. The van der Waals surface area contributed by atoms with Gasteiger partial charge in [-0.05, 0) is 26.7 Å². The average Bonchev–Trinajstić information content (AvgIpc) is 2.89. The summed E-state index contributed by atoms with van der Waals surface area (Å²) in [6, 6.07) is 13.9. The molecule has 194 valence electrons. The van der Waals surface area contributed by atoms with Gasteiger partial charge in [-0.2, -0.15) is 0 Å². The molecule has 0 spiro atoms. The smallest absolute Gasteiger partial charge is 0.197 e. The van der Waals surface area contributed by atoms with Crippen LogP contribution in [0.2, 0.25) is 0 Å². The molecule has 0 bridgehead atoms. The molecule has 2 aromatic rings. The molecule has 0 heterocycles. The lowest BCUT2D eigenvalue weighted by Crippen LogP contribution is -2.27. The van der Waals surface area contributed by atoms with Crippen LogP contribution in [0.3, 0.4) is 0 Å². The van der Waals surface area contributed by atoms with E-state index < -0.39 is 23.1 Å². The van der Waals surface area contributed by atoms with E-state index in [0.717, 1.165) is 36.5 Å². The summed E-state index contributed by atoms with van der Waals surface area (Å²) in [5, 5.41) is 0. The lowest BCUT2D eigenvalue weighted by molar-refractivity contribution is -0.115. The highest BCUT2D eigenvalue weighted by Crippen LogP contribution is 2.29. The van der Waals surface area contributed by atoms with Gasteiger partial charge in [0.1, 0.15) is 0 Å². The normalized spacial score (nSPS) is 13.6. The molecule has 0 radical (unpaired) electrons. The van der Waals surface area contributed by atoms with Gasteiger partial charge in [0.15, 0.2) is 23.1 Å². The molecule has 0 unspecified atom stereocenters. The molecule has 0 saturated carbocycles. The lowest BCUT2D eigenvalue weighted by Gasteiger charge is -2.18. The summed E-state index contributed by atoms with van der Waals surface area (Å²) in [6.07, 6.45) is 11.4. The van der Waals surface area contributed by atoms with Crippen molar-refractivity contribution in [3.8, 4) is 0 Å². The maximum Gasteiger partial charge on any atom is 0.197 e. The van der Waals surface area contributed by atoms with Crippen molar-refractivity contribution in [3.63, 3.8) is 0 Å². The van der Waals surface area contributed by atoms with E-state index in [1.54, 1.807) is 36.4 Å². The third-order valence-corrected chi connectivity index (χ3v) is 6.97. The first-order valence-corrected chi connectivity index (χ1v) is 13.6. The summed E-state index contributed by atoms with van der Waals surface area (Å²) < 4.78 is 0. The fourth-order valence-corrected chi connectivity index (χ4v) is 4.67. The summed E-state index contributed by atoms with van der Waals surface area (Å²) in [6.45, 7) is 6.04. The van der Waals surface area contributed by atoms with Crippen LogP contribution < -0.4 is 0 Å². The lowest BCUT2D eigenvalue weighted by atomic mass is 9.81.